The molecule has 0 saturated heterocycles. The van der Waals surface area contributed by atoms with Gasteiger partial charge in [-0.1, -0.05) is 12.1 Å². The van der Waals surface area contributed by atoms with Crippen molar-refractivity contribution in [2.45, 2.75) is 19.4 Å². The zero-order valence-electron chi connectivity index (χ0n) is 10.5. The maximum absolute atomic E-state index is 12.8. The smallest absolute Gasteiger partial charge is 0.217 e. The Hall–Kier alpha value is -1.42. The molecule has 0 saturated carbocycles. The van der Waals surface area contributed by atoms with Gasteiger partial charge in [-0.2, -0.15) is 0 Å². The molecule has 0 spiro atoms. The van der Waals surface area contributed by atoms with Crippen LogP contribution in [-0.4, -0.2) is 31.4 Å². The Bertz CT molecular complexity index is 362. The van der Waals surface area contributed by atoms with Crippen LogP contribution in [0.25, 0.3) is 0 Å². The third kappa shape index (κ3) is 4.95. The first kappa shape index (κ1) is 13.6. The minimum atomic E-state index is -0.261. The van der Waals surface area contributed by atoms with Crippen LogP contribution in [0.3, 0.4) is 0 Å². The van der Waals surface area contributed by atoms with Crippen LogP contribution in [0.2, 0.25) is 0 Å². The molecule has 0 fully saturated rings. The van der Waals surface area contributed by atoms with Gasteiger partial charge in [0.25, 0.3) is 0 Å². The van der Waals surface area contributed by atoms with Gasteiger partial charge in [-0.05, 0) is 44.8 Å². The van der Waals surface area contributed by atoms with E-state index >= 15 is 0 Å². The van der Waals surface area contributed by atoms with Gasteiger partial charge in [-0.3, -0.25) is 4.79 Å². The van der Waals surface area contributed by atoms with Gasteiger partial charge < -0.3 is 10.2 Å². The van der Waals surface area contributed by atoms with E-state index in [4.69, 9.17) is 0 Å². The van der Waals surface area contributed by atoms with Crippen molar-refractivity contribution in [3.63, 3.8) is 0 Å². The lowest BCUT2D eigenvalue weighted by atomic mass is 10.0. The number of hydrogen-bond acceptors (Lipinski definition) is 2. The Morgan fingerprint density at radius 2 is 1.94 bits per heavy atom. The lowest BCUT2D eigenvalue weighted by Gasteiger charge is -2.20. The van der Waals surface area contributed by atoms with E-state index in [9.17, 15) is 9.18 Å². The van der Waals surface area contributed by atoms with Crippen LogP contribution in [0.1, 0.15) is 24.9 Å². The summed E-state index contributed by atoms with van der Waals surface area (Å²) in [6.45, 7) is 2.36. The maximum Gasteiger partial charge on any atom is 0.217 e. The van der Waals surface area contributed by atoms with Gasteiger partial charge in [0.1, 0.15) is 5.82 Å². The zero-order chi connectivity index (χ0) is 12.8. The number of nitrogens with zero attached hydrogens (tertiary/aromatic N) is 1. The summed E-state index contributed by atoms with van der Waals surface area (Å²) in [7, 11) is 3.96. The van der Waals surface area contributed by atoms with E-state index in [1.54, 1.807) is 12.1 Å². The number of rotatable bonds is 5. The molecule has 0 radical (unpaired) electrons. The van der Waals surface area contributed by atoms with E-state index < -0.39 is 0 Å². The van der Waals surface area contributed by atoms with Crippen molar-refractivity contribution in [3.05, 3.63) is 35.6 Å². The van der Waals surface area contributed by atoms with E-state index in [2.05, 4.69) is 10.2 Å². The van der Waals surface area contributed by atoms with Gasteiger partial charge in [0.05, 0.1) is 6.04 Å². The fraction of sp³-hybridized carbons (Fsp3) is 0.462. The Morgan fingerprint density at radius 1 is 1.35 bits per heavy atom. The first-order chi connectivity index (χ1) is 7.99. The Labute approximate surface area is 102 Å². The van der Waals surface area contributed by atoms with E-state index in [1.165, 1.54) is 19.1 Å². The summed E-state index contributed by atoms with van der Waals surface area (Å²) < 4.78 is 12.8. The van der Waals surface area contributed by atoms with Gasteiger partial charge in [0.15, 0.2) is 0 Å². The van der Waals surface area contributed by atoms with Crippen LogP contribution < -0.4 is 5.32 Å². The van der Waals surface area contributed by atoms with Crippen molar-refractivity contribution in [1.29, 1.82) is 0 Å². The second kappa shape index (κ2) is 6.35. The van der Waals surface area contributed by atoms with Crippen molar-refractivity contribution in [1.82, 2.24) is 10.2 Å². The normalized spacial score (nSPS) is 12.5. The highest BCUT2D eigenvalue weighted by Gasteiger charge is 2.12. The third-order valence-corrected chi connectivity index (χ3v) is 2.51. The van der Waals surface area contributed by atoms with Crippen LogP contribution in [-0.2, 0) is 4.79 Å². The predicted molar refractivity (Wildman–Crippen MR) is 66.1 cm³/mol. The summed E-state index contributed by atoms with van der Waals surface area (Å²) in [6, 6.07) is 6.20. The second-order valence-electron chi connectivity index (χ2n) is 4.40. The number of carbonyl (C=O) groups excluding carboxylic acids is 1. The van der Waals surface area contributed by atoms with Crippen LogP contribution in [0.15, 0.2) is 24.3 Å². The third-order valence-electron chi connectivity index (χ3n) is 2.51. The maximum atomic E-state index is 12.8. The van der Waals surface area contributed by atoms with Crippen molar-refractivity contribution >= 4 is 5.91 Å². The van der Waals surface area contributed by atoms with E-state index in [1.807, 2.05) is 14.1 Å². The summed E-state index contributed by atoms with van der Waals surface area (Å²) in [5.41, 5.74) is 0.934. The highest BCUT2D eigenvalue weighted by Crippen LogP contribution is 2.17. The molecular formula is C13H19FN2O. The van der Waals surface area contributed by atoms with Crippen LogP contribution >= 0.6 is 0 Å². The highest BCUT2D eigenvalue weighted by molar-refractivity contribution is 5.73. The number of amides is 1. The van der Waals surface area contributed by atoms with Crippen LogP contribution in [0.4, 0.5) is 4.39 Å². The van der Waals surface area contributed by atoms with Crippen LogP contribution in [0, 0.1) is 5.82 Å². The van der Waals surface area contributed by atoms with Gasteiger partial charge in [-0.15, -0.1) is 0 Å². The van der Waals surface area contributed by atoms with Crippen molar-refractivity contribution in [2.75, 3.05) is 20.6 Å². The molecule has 1 N–H and O–H groups in total. The lowest BCUT2D eigenvalue weighted by Crippen LogP contribution is -2.29. The number of benzene rings is 1. The number of carbonyl (C=O) groups is 1. The summed E-state index contributed by atoms with van der Waals surface area (Å²) in [5, 5.41) is 2.88. The molecule has 1 atom stereocenters. The molecule has 0 aliphatic heterocycles. The molecule has 0 aromatic heterocycles. The van der Waals surface area contributed by atoms with E-state index in [0.717, 1.165) is 18.5 Å². The lowest BCUT2D eigenvalue weighted by molar-refractivity contribution is -0.119. The van der Waals surface area contributed by atoms with E-state index in [0.29, 0.717) is 0 Å². The number of hydrogen-bond donors (Lipinski definition) is 1. The number of halogens is 1. The molecule has 0 heterocycles. The molecular weight excluding hydrogens is 219 g/mol. The van der Waals surface area contributed by atoms with Crippen molar-refractivity contribution in [3.8, 4) is 0 Å². The zero-order valence-corrected chi connectivity index (χ0v) is 10.5. The average molecular weight is 238 g/mol. The van der Waals surface area contributed by atoms with Gasteiger partial charge in [0, 0.05) is 6.92 Å². The molecule has 17 heavy (non-hydrogen) atoms. The summed E-state index contributed by atoms with van der Waals surface area (Å²) in [5.74, 6) is -0.332. The molecule has 4 heteroatoms. The fourth-order valence-corrected chi connectivity index (χ4v) is 1.65. The standard InChI is InChI=1S/C13H19FN2O/c1-10(17)15-13(8-9-16(2)3)11-4-6-12(14)7-5-11/h4-7,13H,8-9H2,1-3H3,(H,15,17). The topological polar surface area (TPSA) is 32.3 Å². The first-order valence-corrected chi connectivity index (χ1v) is 5.66. The molecule has 3 nitrogen and oxygen atoms in total. The molecule has 1 aromatic carbocycles. The van der Waals surface area contributed by atoms with Crippen molar-refractivity contribution in [2.24, 2.45) is 0 Å². The summed E-state index contributed by atoms with van der Waals surface area (Å²) >= 11 is 0. The highest BCUT2D eigenvalue weighted by atomic mass is 19.1. The molecule has 1 unspecified atom stereocenters. The molecule has 94 valence electrons. The molecule has 1 rings (SSSR count). The Kier molecular flexibility index (Phi) is 5.10. The van der Waals surface area contributed by atoms with Gasteiger partial charge in [-0.25, -0.2) is 4.39 Å². The monoisotopic (exact) mass is 238 g/mol. The van der Waals surface area contributed by atoms with Crippen molar-refractivity contribution < 1.29 is 9.18 Å². The largest absolute Gasteiger partial charge is 0.349 e. The minimum absolute atomic E-state index is 0.0597. The SMILES string of the molecule is CC(=O)NC(CCN(C)C)c1ccc(F)cc1. The van der Waals surface area contributed by atoms with Gasteiger partial charge in [0.2, 0.25) is 5.91 Å². The molecule has 0 bridgehead atoms. The summed E-state index contributed by atoms with van der Waals surface area (Å²) in [6.07, 6.45) is 0.804. The predicted octanol–water partition coefficient (Wildman–Crippen LogP) is 1.95. The molecule has 1 aromatic rings. The Balaban J connectivity index is 2.74. The average Bonchev–Trinajstić information content (AvgIpc) is 2.25. The fourth-order valence-electron chi connectivity index (χ4n) is 1.65. The van der Waals surface area contributed by atoms with E-state index in [-0.39, 0.29) is 17.8 Å². The van der Waals surface area contributed by atoms with Gasteiger partial charge >= 0.3 is 0 Å². The minimum Gasteiger partial charge on any atom is -0.349 e. The molecule has 1 amide bonds. The Morgan fingerprint density at radius 3 is 2.41 bits per heavy atom. The quantitative estimate of drug-likeness (QED) is 0.850. The number of nitrogens with one attached hydrogen (secondary N) is 1. The molecule has 0 aliphatic carbocycles. The first-order valence-electron chi connectivity index (χ1n) is 5.66. The van der Waals surface area contributed by atoms with Crippen LogP contribution in [0.5, 0.6) is 0 Å². The second-order valence-corrected chi connectivity index (χ2v) is 4.40. The summed E-state index contributed by atoms with van der Waals surface area (Å²) in [4.78, 5) is 13.2. The molecule has 0 aliphatic rings.